The maximum absolute atomic E-state index is 5.95. The van der Waals surface area contributed by atoms with E-state index in [0.29, 0.717) is 6.04 Å². The standard InChI is InChI=1S/C14H22N2/c1-11-4-3-5-14(8-11)16(2)10-12-6-7-13(15)9-12/h3-5,8,12-13H,6-7,9-10,15H2,1-2H3. The van der Waals surface area contributed by atoms with Crippen LogP contribution in [-0.2, 0) is 0 Å². The number of anilines is 1. The summed E-state index contributed by atoms with van der Waals surface area (Å²) in [6, 6.07) is 9.14. The van der Waals surface area contributed by atoms with Crippen molar-refractivity contribution in [2.45, 2.75) is 32.2 Å². The zero-order chi connectivity index (χ0) is 11.5. The molecule has 0 radical (unpaired) electrons. The lowest BCUT2D eigenvalue weighted by molar-refractivity contribution is 0.536. The van der Waals surface area contributed by atoms with Crippen LogP contribution in [0.25, 0.3) is 0 Å². The average molecular weight is 218 g/mol. The molecular weight excluding hydrogens is 196 g/mol. The lowest BCUT2D eigenvalue weighted by atomic mass is 10.1. The van der Waals surface area contributed by atoms with Crippen LogP contribution in [0.2, 0.25) is 0 Å². The predicted molar refractivity (Wildman–Crippen MR) is 69.8 cm³/mol. The summed E-state index contributed by atoms with van der Waals surface area (Å²) in [4.78, 5) is 2.36. The van der Waals surface area contributed by atoms with Crippen molar-refractivity contribution in [2.24, 2.45) is 11.7 Å². The molecule has 2 unspecified atom stereocenters. The molecule has 1 aromatic rings. The highest BCUT2D eigenvalue weighted by molar-refractivity contribution is 5.47. The van der Waals surface area contributed by atoms with Gasteiger partial charge in [0.15, 0.2) is 0 Å². The van der Waals surface area contributed by atoms with Crippen LogP contribution in [0.3, 0.4) is 0 Å². The first kappa shape index (κ1) is 11.5. The molecule has 2 rings (SSSR count). The van der Waals surface area contributed by atoms with E-state index < -0.39 is 0 Å². The van der Waals surface area contributed by atoms with Crippen molar-refractivity contribution >= 4 is 5.69 Å². The van der Waals surface area contributed by atoms with Gasteiger partial charge in [-0.15, -0.1) is 0 Å². The molecule has 16 heavy (non-hydrogen) atoms. The fourth-order valence-corrected chi connectivity index (χ4v) is 2.64. The minimum Gasteiger partial charge on any atom is -0.374 e. The van der Waals surface area contributed by atoms with E-state index in [1.807, 2.05) is 0 Å². The topological polar surface area (TPSA) is 29.3 Å². The van der Waals surface area contributed by atoms with Gasteiger partial charge in [0.1, 0.15) is 0 Å². The molecule has 2 N–H and O–H groups in total. The quantitative estimate of drug-likeness (QED) is 0.845. The van der Waals surface area contributed by atoms with Gasteiger partial charge in [-0.25, -0.2) is 0 Å². The van der Waals surface area contributed by atoms with Crippen LogP contribution in [0.1, 0.15) is 24.8 Å². The van der Waals surface area contributed by atoms with E-state index in [1.165, 1.54) is 30.5 Å². The third-order valence-electron chi connectivity index (χ3n) is 3.56. The van der Waals surface area contributed by atoms with E-state index in [-0.39, 0.29) is 0 Å². The van der Waals surface area contributed by atoms with Gasteiger partial charge in [0, 0.05) is 25.3 Å². The molecule has 0 aliphatic heterocycles. The van der Waals surface area contributed by atoms with E-state index >= 15 is 0 Å². The molecule has 0 aromatic heterocycles. The van der Waals surface area contributed by atoms with E-state index in [2.05, 4.69) is 43.1 Å². The summed E-state index contributed by atoms with van der Waals surface area (Å²) >= 11 is 0. The number of benzene rings is 1. The van der Waals surface area contributed by atoms with Gasteiger partial charge in [-0.2, -0.15) is 0 Å². The number of nitrogens with zero attached hydrogens (tertiary/aromatic N) is 1. The summed E-state index contributed by atoms with van der Waals surface area (Å²) in [5.41, 5.74) is 8.59. The van der Waals surface area contributed by atoms with Gasteiger partial charge in [0.25, 0.3) is 0 Å². The Morgan fingerprint density at radius 3 is 2.81 bits per heavy atom. The third-order valence-corrected chi connectivity index (χ3v) is 3.56. The monoisotopic (exact) mass is 218 g/mol. The highest BCUT2D eigenvalue weighted by atomic mass is 15.1. The second-order valence-electron chi connectivity index (χ2n) is 5.16. The number of aryl methyl sites for hydroxylation is 1. The van der Waals surface area contributed by atoms with Gasteiger partial charge >= 0.3 is 0 Å². The average Bonchev–Trinajstić information content (AvgIpc) is 2.64. The Morgan fingerprint density at radius 1 is 1.38 bits per heavy atom. The van der Waals surface area contributed by atoms with Crippen LogP contribution in [0.15, 0.2) is 24.3 Å². The SMILES string of the molecule is Cc1cccc(N(C)CC2CCC(N)C2)c1. The summed E-state index contributed by atoms with van der Waals surface area (Å²) in [5, 5.41) is 0. The first-order valence-corrected chi connectivity index (χ1v) is 6.18. The van der Waals surface area contributed by atoms with Crippen molar-refractivity contribution in [1.29, 1.82) is 0 Å². The number of hydrogen-bond donors (Lipinski definition) is 1. The molecule has 2 atom stereocenters. The van der Waals surface area contributed by atoms with Crippen LogP contribution in [0.4, 0.5) is 5.69 Å². The van der Waals surface area contributed by atoms with Crippen LogP contribution < -0.4 is 10.6 Å². The smallest absolute Gasteiger partial charge is 0.0366 e. The normalized spacial score (nSPS) is 24.7. The molecule has 0 spiro atoms. The number of hydrogen-bond acceptors (Lipinski definition) is 2. The highest BCUT2D eigenvalue weighted by Gasteiger charge is 2.22. The Hall–Kier alpha value is -1.02. The van der Waals surface area contributed by atoms with E-state index in [9.17, 15) is 0 Å². The fraction of sp³-hybridized carbons (Fsp3) is 0.571. The van der Waals surface area contributed by atoms with Crippen LogP contribution in [-0.4, -0.2) is 19.6 Å². The fourth-order valence-electron chi connectivity index (χ4n) is 2.64. The number of nitrogens with two attached hydrogens (primary N) is 1. The Morgan fingerprint density at radius 2 is 2.19 bits per heavy atom. The third kappa shape index (κ3) is 2.76. The minimum atomic E-state index is 0.441. The maximum Gasteiger partial charge on any atom is 0.0366 e. The molecule has 2 heteroatoms. The van der Waals surface area contributed by atoms with Gasteiger partial charge in [-0.05, 0) is 49.8 Å². The maximum atomic E-state index is 5.95. The highest BCUT2D eigenvalue weighted by Crippen LogP contribution is 2.26. The van der Waals surface area contributed by atoms with Crippen molar-refractivity contribution in [2.75, 3.05) is 18.5 Å². The van der Waals surface area contributed by atoms with Crippen molar-refractivity contribution in [3.05, 3.63) is 29.8 Å². The van der Waals surface area contributed by atoms with Gasteiger partial charge in [-0.1, -0.05) is 12.1 Å². The Labute approximate surface area is 98.4 Å². The summed E-state index contributed by atoms with van der Waals surface area (Å²) < 4.78 is 0. The molecule has 1 aliphatic rings. The van der Waals surface area contributed by atoms with E-state index in [1.54, 1.807) is 0 Å². The molecule has 1 aliphatic carbocycles. The zero-order valence-electron chi connectivity index (χ0n) is 10.3. The zero-order valence-corrected chi connectivity index (χ0v) is 10.3. The van der Waals surface area contributed by atoms with Crippen molar-refractivity contribution in [3.63, 3.8) is 0 Å². The van der Waals surface area contributed by atoms with Crippen LogP contribution in [0, 0.1) is 12.8 Å². The van der Waals surface area contributed by atoms with Crippen LogP contribution in [0.5, 0.6) is 0 Å². The molecule has 0 bridgehead atoms. The first-order chi connectivity index (χ1) is 7.65. The molecule has 1 aromatic carbocycles. The van der Waals surface area contributed by atoms with E-state index in [4.69, 9.17) is 5.73 Å². The summed E-state index contributed by atoms with van der Waals surface area (Å²) in [7, 11) is 2.18. The molecule has 1 saturated carbocycles. The largest absolute Gasteiger partial charge is 0.374 e. The van der Waals surface area contributed by atoms with Gasteiger partial charge < -0.3 is 10.6 Å². The molecule has 88 valence electrons. The molecular formula is C14H22N2. The lowest BCUT2D eigenvalue weighted by Gasteiger charge is -2.23. The summed E-state index contributed by atoms with van der Waals surface area (Å²) in [5.74, 6) is 0.778. The lowest BCUT2D eigenvalue weighted by Crippen LogP contribution is -2.25. The number of rotatable bonds is 3. The van der Waals surface area contributed by atoms with Gasteiger partial charge in [0.2, 0.25) is 0 Å². The van der Waals surface area contributed by atoms with Gasteiger partial charge in [-0.3, -0.25) is 0 Å². The molecule has 0 heterocycles. The van der Waals surface area contributed by atoms with Crippen molar-refractivity contribution < 1.29 is 0 Å². The van der Waals surface area contributed by atoms with Crippen LogP contribution >= 0.6 is 0 Å². The molecule has 1 fully saturated rings. The Balaban J connectivity index is 1.95. The molecule has 0 saturated heterocycles. The second kappa shape index (κ2) is 4.88. The Kier molecular flexibility index (Phi) is 3.49. The van der Waals surface area contributed by atoms with E-state index in [0.717, 1.165) is 12.5 Å². The van der Waals surface area contributed by atoms with Gasteiger partial charge in [0.05, 0.1) is 0 Å². The molecule has 2 nitrogen and oxygen atoms in total. The Bertz CT molecular complexity index is 348. The first-order valence-electron chi connectivity index (χ1n) is 6.18. The second-order valence-corrected chi connectivity index (χ2v) is 5.16. The predicted octanol–water partition coefficient (Wildman–Crippen LogP) is 2.56. The van der Waals surface area contributed by atoms with Crippen molar-refractivity contribution in [3.8, 4) is 0 Å². The minimum absolute atomic E-state index is 0.441. The summed E-state index contributed by atoms with van der Waals surface area (Å²) in [6.45, 7) is 3.28. The molecule has 0 amide bonds. The summed E-state index contributed by atoms with van der Waals surface area (Å²) in [6.07, 6.45) is 3.68. The van der Waals surface area contributed by atoms with Crippen molar-refractivity contribution in [1.82, 2.24) is 0 Å².